The molecular formula is C59H40N4. The van der Waals surface area contributed by atoms with Gasteiger partial charge >= 0.3 is 0 Å². The molecule has 0 N–H and O–H groups in total. The van der Waals surface area contributed by atoms with E-state index in [4.69, 9.17) is 9.98 Å². The van der Waals surface area contributed by atoms with Crippen LogP contribution in [0.1, 0.15) is 23.6 Å². The van der Waals surface area contributed by atoms with E-state index >= 15 is 0 Å². The van der Waals surface area contributed by atoms with Crippen LogP contribution in [0.15, 0.2) is 205 Å². The minimum Gasteiger partial charge on any atom is -0.309 e. The minimum atomic E-state index is 0.899. The van der Waals surface area contributed by atoms with Crippen LogP contribution < -0.4 is 0 Å². The number of aromatic nitrogens is 3. The molecule has 4 nitrogen and oxygen atoms in total. The fourth-order valence-electron chi connectivity index (χ4n) is 10.4. The first-order valence-corrected chi connectivity index (χ1v) is 21.9. The number of imidazole rings is 1. The molecule has 12 aromatic rings. The normalized spacial score (nSPS) is 12.8. The van der Waals surface area contributed by atoms with Crippen LogP contribution in [0, 0.1) is 0 Å². The van der Waals surface area contributed by atoms with E-state index in [0.29, 0.717) is 0 Å². The SMILES string of the molecule is CC1=Nc2ccccc2CCc2cc(-c3cc(-c4ccc5c6ccccc6c6nc7ccccc7n6c5c4)cc(-n4c5ccccc5c5ccccc54)c3)ccc2-c2ccccc21. The van der Waals surface area contributed by atoms with E-state index in [2.05, 4.69) is 216 Å². The van der Waals surface area contributed by atoms with Crippen LogP contribution in [-0.4, -0.2) is 19.7 Å². The Balaban J connectivity index is 1.07. The van der Waals surface area contributed by atoms with Gasteiger partial charge < -0.3 is 4.57 Å². The van der Waals surface area contributed by atoms with Gasteiger partial charge in [0.05, 0.1) is 33.3 Å². The lowest BCUT2D eigenvalue weighted by atomic mass is 9.87. The summed E-state index contributed by atoms with van der Waals surface area (Å²) in [6.45, 7) is 2.14. The van der Waals surface area contributed by atoms with E-state index < -0.39 is 0 Å². The highest BCUT2D eigenvalue weighted by Crippen LogP contribution is 2.41. The van der Waals surface area contributed by atoms with Crippen molar-refractivity contribution in [1.82, 2.24) is 14.0 Å². The van der Waals surface area contributed by atoms with Gasteiger partial charge in [0.25, 0.3) is 0 Å². The van der Waals surface area contributed by atoms with Crippen molar-refractivity contribution in [1.29, 1.82) is 0 Å². The number of rotatable bonds is 3. The summed E-state index contributed by atoms with van der Waals surface area (Å²) in [4.78, 5) is 10.4. The molecule has 1 aliphatic rings. The number of hydrogen-bond donors (Lipinski definition) is 0. The van der Waals surface area contributed by atoms with Crippen molar-refractivity contribution >= 4 is 71.6 Å². The van der Waals surface area contributed by atoms with E-state index in [0.717, 1.165) is 68.6 Å². The van der Waals surface area contributed by atoms with Crippen molar-refractivity contribution in [3.63, 3.8) is 0 Å². The van der Waals surface area contributed by atoms with Gasteiger partial charge in [0.1, 0.15) is 5.65 Å². The number of aryl methyl sites for hydroxylation is 2. The lowest BCUT2D eigenvalue weighted by Crippen LogP contribution is -2.04. The summed E-state index contributed by atoms with van der Waals surface area (Å²) in [7, 11) is 0. The number of para-hydroxylation sites is 5. The van der Waals surface area contributed by atoms with Crippen molar-refractivity contribution in [2.45, 2.75) is 19.8 Å². The molecule has 296 valence electrons. The summed E-state index contributed by atoms with van der Waals surface area (Å²) in [5.74, 6) is 0. The molecule has 0 bridgehead atoms. The van der Waals surface area contributed by atoms with Gasteiger partial charge in [0, 0.05) is 38.5 Å². The van der Waals surface area contributed by atoms with E-state index in [1.165, 1.54) is 71.5 Å². The second-order valence-electron chi connectivity index (χ2n) is 16.9. The third-order valence-corrected chi connectivity index (χ3v) is 13.3. The Morgan fingerprint density at radius 2 is 0.984 bits per heavy atom. The van der Waals surface area contributed by atoms with Crippen LogP contribution in [0.5, 0.6) is 0 Å². The topological polar surface area (TPSA) is 34.6 Å². The van der Waals surface area contributed by atoms with Crippen molar-refractivity contribution in [2.24, 2.45) is 4.99 Å². The first kappa shape index (κ1) is 35.7. The number of benzene rings is 9. The zero-order valence-electron chi connectivity index (χ0n) is 34.8. The molecule has 0 aliphatic carbocycles. The summed E-state index contributed by atoms with van der Waals surface area (Å²) in [6.07, 6.45) is 1.80. The Morgan fingerprint density at radius 1 is 0.397 bits per heavy atom. The maximum atomic E-state index is 5.20. The van der Waals surface area contributed by atoms with Gasteiger partial charge in [-0.3, -0.25) is 9.39 Å². The highest BCUT2D eigenvalue weighted by Gasteiger charge is 2.20. The van der Waals surface area contributed by atoms with Gasteiger partial charge in [-0.2, -0.15) is 0 Å². The fraction of sp³-hybridized carbons (Fsp3) is 0.0508. The highest BCUT2D eigenvalue weighted by atomic mass is 15.0. The van der Waals surface area contributed by atoms with E-state index in [1.54, 1.807) is 0 Å². The predicted molar refractivity (Wildman–Crippen MR) is 264 cm³/mol. The van der Waals surface area contributed by atoms with Crippen LogP contribution in [0.3, 0.4) is 0 Å². The Morgan fingerprint density at radius 3 is 1.78 bits per heavy atom. The molecule has 4 heterocycles. The average Bonchev–Trinajstić information content (AvgIpc) is 3.90. The van der Waals surface area contributed by atoms with Crippen molar-refractivity contribution < 1.29 is 0 Å². The molecule has 0 saturated heterocycles. The number of fused-ring (bicyclic) bond motifs is 15. The second kappa shape index (κ2) is 14.0. The van der Waals surface area contributed by atoms with Crippen LogP contribution in [0.25, 0.3) is 99.2 Å². The molecule has 63 heavy (non-hydrogen) atoms. The quantitative estimate of drug-likeness (QED) is 0.164. The summed E-state index contributed by atoms with van der Waals surface area (Å²) < 4.78 is 4.81. The van der Waals surface area contributed by atoms with Crippen molar-refractivity contribution in [3.05, 3.63) is 217 Å². The molecule has 0 unspecified atom stereocenters. The fourth-order valence-corrected chi connectivity index (χ4v) is 10.4. The highest BCUT2D eigenvalue weighted by molar-refractivity contribution is 6.15. The smallest absolute Gasteiger partial charge is 0.146 e. The molecule has 0 atom stereocenters. The summed E-state index contributed by atoms with van der Waals surface area (Å²) in [5.41, 5.74) is 20.8. The number of pyridine rings is 1. The van der Waals surface area contributed by atoms with Gasteiger partial charge in [-0.25, -0.2) is 4.98 Å². The number of hydrogen-bond acceptors (Lipinski definition) is 2. The zero-order chi connectivity index (χ0) is 41.6. The molecule has 0 amide bonds. The third kappa shape index (κ3) is 5.61. The second-order valence-corrected chi connectivity index (χ2v) is 16.9. The van der Waals surface area contributed by atoms with E-state index in [9.17, 15) is 0 Å². The molecule has 1 aliphatic heterocycles. The first-order valence-electron chi connectivity index (χ1n) is 21.9. The lowest BCUT2D eigenvalue weighted by Gasteiger charge is -2.19. The Kier molecular flexibility index (Phi) is 7.91. The molecular weight excluding hydrogens is 765 g/mol. The minimum absolute atomic E-state index is 0.899. The summed E-state index contributed by atoms with van der Waals surface area (Å²) >= 11 is 0. The van der Waals surface area contributed by atoms with Crippen molar-refractivity contribution in [3.8, 4) is 39.1 Å². The van der Waals surface area contributed by atoms with E-state index in [1.807, 2.05) is 0 Å². The monoisotopic (exact) mass is 804 g/mol. The van der Waals surface area contributed by atoms with Gasteiger partial charge in [-0.15, -0.1) is 0 Å². The zero-order valence-corrected chi connectivity index (χ0v) is 34.8. The number of nitrogens with zero attached hydrogens (tertiary/aromatic N) is 4. The molecule has 0 fully saturated rings. The van der Waals surface area contributed by atoms with Crippen LogP contribution in [0.4, 0.5) is 5.69 Å². The maximum Gasteiger partial charge on any atom is 0.146 e. The van der Waals surface area contributed by atoms with Gasteiger partial charge in [0.2, 0.25) is 0 Å². The maximum absolute atomic E-state index is 5.20. The van der Waals surface area contributed by atoms with Gasteiger partial charge in [-0.05, 0) is 124 Å². The molecule has 0 spiro atoms. The average molecular weight is 805 g/mol. The Hall–Kier alpha value is -8.08. The first-order chi connectivity index (χ1) is 31.1. The lowest BCUT2D eigenvalue weighted by molar-refractivity contribution is 0.960. The van der Waals surface area contributed by atoms with Crippen LogP contribution in [-0.2, 0) is 12.8 Å². The summed E-state index contributed by atoms with van der Waals surface area (Å²) in [5, 5.41) is 6.07. The molecule has 9 aromatic carbocycles. The predicted octanol–water partition coefficient (Wildman–Crippen LogP) is 15.1. The van der Waals surface area contributed by atoms with Gasteiger partial charge in [-0.1, -0.05) is 146 Å². The molecule has 3 aromatic heterocycles. The number of aliphatic imine (C=N–C) groups is 1. The molecule has 0 saturated carbocycles. The Labute approximate surface area is 364 Å². The standard InChI is InChI=1S/C59H40N4/c1-37-45-15-3-4-16-47(45)46-30-28-39(32-41(46)27-26-38-14-2-9-21-53(38)60-37)42-33-43(35-44(34-42)62-55-23-11-7-18-49(55)50-19-8-12-24-56(50)62)40-29-31-51-48-17-5-6-20-52(48)59-61-54-22-10-13-25-57(54)63(59)58(51)36-40/h2-25,28-36H,26-27H2,1H3. The molecule has 4 heteroatoms. The van der Waals surface area contributed by atoms with Crippen molar-refractivity contribution in [2.75, 3.05) is 0 Å². The van der Waals surface area contributed by atoms with Crippen LogP contribution >= 0.6 is 0 Å². The molecule has 0 radical (unpaired) electrons. The van der Waals surface area contributed by atoms with Gasteiger partial charge in [0.15, 0.2) is 0 Å². The van der Waals surface area contributed by atoms with Crippen LogP contribution in [0.2, 0.25) is 0 Å². The molecule has 13 rings (SSSR count). The largest absolute Gasteiger partial charge is 0.309 e. The Bertz CT molecular complexity index is 3830. The van der Waals surface area contributed by atoms with E-state index in [-0.39, 0.29) is 0 Å². The third-order valence-electron chi connectivity index (χ3n) is 13.3. The summed E-state index contributed by atoms with van der Waals surface area (Å²) in [6, 6.07) is 73.4.